The van der Waals surface area contributed by atoms with Gasteiger partial charge in [0, 0.05) is 18.1 Å². The smallest absolute Gasteiger partial charge is 0.243 e. The molecule has 0 aliphatic rings. The van der Waals surface area contributed by atoms with Gasteiger partial charge >= 0.3 is 0 Å². The van der Waals surface area contributed by atoms with Crippen LogP contribution in [0.15, 0.2) is 42.5 Å². The minimum absolute atomic E-state index is 0.245. The highest BCUT2D eigenvalue weighted by atomic mass is 35.5. The van der Waals surface area contributed by atoms with Crippen molar-refractivity contribution in [2.75, 3.05) is 22.9 Å². The third-order valence-corrected chi connectivity index (χ3v) is 7.16. The van der Waals surface area contributed by atoms with Gasteiger partial charge in [-0.2, -0.15) is 11.8 Å². The van der Waals surface area contributed by atoms with Crippen molar-refractivity contribution in [1.29, 1.82) is 0 Å². The molecule has 0 aliphatic heterocycles. The molecule has 1 unspecified atom stereocenters. The van der Waals surface area contributed by atoms with E-state index in [9.17, 15) is 17.6 Å². The predicted octanol–water partition coefficient (Wildman–Crippen LogP) is 4.73. The van der Waals surface area contributed by atoms with E-state index >= 15 is 0 Å². The van der Waals surface area contributed by atoms with Crippen LogP contribution in [0.25, 0.3) is 0 Å². The topological polar surface area (TPSA) is 66.5 Å². The highest BCUT2D eigenvalue weighted by Crippen LogP contribution is 2.25. The number of sulfonamides is 1. The van der Waals surface area contributed by atoms with Crippen molar-refractivity contribution in [3.63, 3.8) is 0 Å². The number of rotatable bonds is 10. The van der Waals surface area contributed by atoms with E-state index in [4.69, 9.17) is 23.2 Å². The molecule has 1 amide bonds. The molecule has 2 rings (SSSR count). The molecule has 0 radical (unpaired) electrons. The summed E-state index contributed by atoms with van der Waals surface area (Å²) in [4.78, 5) is 12.7. The van der Waals surface area contributed by atoms with Crippen LogP contribution < -0.4 is 9.62 Å². The number of benzene rings is 2. The minimum atomic E-state index is -3.74. The molecular formula is C20H23Cl2FN2O3S2. The molecule has 0 spiro atoms. The molecule has 1 atom stereocenters. The number of anilines is 1. The summed E-state index contributed by atoms with van der Waals surface area (Å²) in [5.41, 5.74) is 1.27. The number of nitrogens with zero attached hydrogens (tertiary/aromatic N) is 1. The number of hydrogen-bond acceptors (Lipinski definition) is 4. The van der Waals surface area contributed by atoms with Crippen LogP contribution >= 0.6 is 35.0 Å². The summed E-state index contributed by atoms with van der Waals surface area (Å²) in [5, 5.41) is 3.78. The zero-order valence-corrected chi connectivity index (χ0v) is 19.7. The minimum Gasteiger partial charge on any atom is -0.353 e. The second-order valence-corrected chi connectivity index (χ2v) is 10.3. The van der Waals surface area contributed by atoms with Crippen LogP contribution in [0.2, 0.25) is 10.0 Å². The zero-order chi connectivity index (χ0) is 22.3. The Kier molecular flexibility index (Phi) is 9.28. The molecule has 0 aliphatic carbocycles. The number of carbonyl (C=O) groups is 1. The lowest BCUT2D eigenvalue weighted by atomic mass is 10.2. The fourth-order valence-electron chi connectivity index (χ4n) is 2.83. The first-order valence-electron chi connectivity index (χ1n) is 9.17. The Bertz CT molecular complexity index is 973. The van der Waals surface area contributed by atoms with Crippen LogP contribution in [0.1, 0.15) is 18.9 Å². The summed E-state index contributed by atoms with van der Waals surface area (Å²) in [6.07, 6.45) is 1.30. The third-order valence-electron chi connectivity index (χ3n) is 4.21. The van der Waals surface area contributed by atoms with E-state index in [0.717, 1.165) is 28.3 Å². The van der Waals surface area contributed by atoms with Gasteiger partial charge in [-0.25, -0.2) is 12.8 Å². The van der Waals surface area contributed by atoms with Crippen molar-refractivity contribution in [3.8, 4) is 0 Å². The van der Waals surface area contributed by atoms with Gasteiger partial charge in [-0.3, -0.25) is 9.10 Å². The van der Waals surface area contributed by atoms with Gasteiger partial charge in [0.25, 0.3) is 0 Å². The van der Waals surface area contributed by atoms with Crippen molar-refractivity contribution in [2.45, 2.75) is 25.1 Å². The predicted molar refractivity (Wildman–Crippen MR) is 123 cm³/mol. The van der Waals surface area contributed by atoms with Gasteiger partial charge in [0.05, 0.1) is 22.0 Å². The number of thioether (sulfide) groups is 1. The molecular weight excluding hydrogens is 470 g/mol. The Labute approximate surface area is 191 Å². The van der Waals surface area contributed by atoms with Crippen molar-refractivity contribution < 1.29 is 17.6 Å². The summed E-state index contributed by atoms with van der Waals surface area (Å²) in [5.74, 6) is 0.457. The Morgan fingerprint density at radius 1 is 1.17 bits per heavy atom. The van der Waals surface area contributed by atoms with Crippen LogP contribution in [0.5, 0.6) is 0 Å². The van der Waals surface area contributed by atoms with E-state index in [1.807, 2.05) is 6.07 Å². The lowest BCUT2D eigenvalue weighted by molar-refractivity contribution is -0.122. The van der Waals surface area contributed by atoms with Gasteiger partial charge in [-0.1, -0.05) is 36.2 Å². The van der Waals surface area contributed by atoms with Crippen LogP contribution in [0.3, 0.4) is 0 Å². The standard InChI is InChI=1S/C20H23Cl2FN2O3S2/c1-3-19(25(30(2,27)28)16-7-5-15(23)6-8-16)20(26)24-10-11-29-13-14-4-9-17(21)18(22)12-14/h4-9,12,19H,3,10-11,13H2,1-2H3,(H,24,26). The number of nitrogens with one attached hydrogen (secondary N) is 1. The first-order chi connectivity index (χ1) is 14.1. The first-order valence-corrected chi connectivity index (χ1v) is 12.9. The van der Waals surface area contributed by atoms with E-state index in [1.54, 1.807) is 30.8 Å². The highest BCUT2D eigenvalue weighted by Gasteiger charge is 2.31. The summed E-state index contributed by atoms with van der Waals surface area (Å²) >= 11 is 13.5. The molecule has 0 aromatic heterocycles. The second-order valence-electron chi connectivity index (χ2n) is 6.55. The molecule has 10 heteroatoms. The van der Waals surface area contributed by atoms with Gasteiger partial charge in [-0.05, 0) is 48.4 Å². The van der Waals surface area contributed by atoms with Crippen molar-refractivity contribution in [2.24, 2.45) is 0 Å². The van der Waals surface area contributed by atoms with Crippen molar-refractivity contribution >= 4 is 56.6 Å². The number of carbonyl (C=O) groups excluding carboxylic acids is 1. The molecule has 2 aromatic carbocycles. The Morgan fingerprint density at radius 3 is 2.40 bits per heavy atom. The average molecular weight is 493 g/mol. The molecule has 0 heterocycles. The molecule has 2 aromatic rings. The quantitative estimate of drug-likeness (QED) is 0.487. The van der Waals surface area contributed by atoms with Gasteiger partial charge in [0.2, 0.25) is 15.9 Å². The van der Waals surface area contributed by atoms with Gasteiger partial charge in [0.15, 0.2) is 0 Å². The van der Waals surface area contributed by atoms with Crippen LogP contribution in [0, 0.1) is 5.82 Å². The fourth-order valence-corrected chi connectivity index (χ4v) is 5.17. The van der Waals surface area contributed by atoms with Crippen LogP contribution in [0.4, 0.5) is 10.1 Å². The third kappa shape index (κ3) is 7.04. The number of hydrogen-bond donors (Lipinski definition) is 1. The fraction of sp³-hybridized carbons (Fsp3) is 0.350. The number of amides is 1. The van der Waals surface area contributed by atoms with E-state index < -0.39 is 27.8 Å². The summed E-state index contributed by atoms with van der Waals surface area (Å²) in [7, 11) is -3.74. The maximum atomic E-state index is 13.2. The Hall–Kier alpha value is -1.48. The number of halogens is 3. The lowest BCUT2D eigenvalue weighted by Gasteiger charge is -2.30. The second kappa shape index (κ2) is 11.2. The average Bonchev–Trinajstić information content (AvgIpc) is 2.68. The molecule has 1 N–H and O–H groups in total. The zero-order valence-electron chi connectivity index (χ0n) is 16.6. The lowest BCUT2D eigenvalue weighted by Crippen LogP contribution is -2.49. The van der Waals surface area contributed by atoms with E-state index in [-0.39, 0.29) is 12.1 Å². The highest BCUT2D eigenvalue weighted by molar-refractivity contribution is 7.98. The largest absolute Gasteiger partial charge is 0.353 e. The summed E-state index contributed by atoms with van der Waals surface area (Å²) in [6, 6.07) is 9.52. The van der Waals surface area contributed by atoms with E-state index in [0.29, 0.717) is 28.1 Å². The maximum Gasteiger partial charge on any atom is 0.243 e. The SMILES string of the molecule is CCC(C(=O)NCCSCc1ccc(Cl)c(Cl)c1)N(c1ccc(F)cc1)S(C)(=O)=O. The van der Waals surface area contributed by atoms with Gasteiger partial charge in [-0.15, -0.1) is 0 Å². The molecule has 30 heavy (non-hydrogen) atoms. The molecule has 164 valence electrons. The van der Waals surface area contributed by atoms with Crippen molar-refractivity contribution in [3.05, 3.63) is 63.9 Å². The molecule has 0 fully saturated rings. The van der Waals surface area contributed by atoms with Gasteiger partial charge < -0.3 is 5.32 Å². The van der Waals surface area contributed by atoms with E-state index in [1.165, 1.54) is 12.1 Å². The van der Waals surface area contributed by atoms with Crippen LogP contribution in [-0.4, -0.2) is 38.9 Å². The van der Waals surface area contributed by atoms with E-state index in [2.05, 4.69) is 5.32 Å². The molecule has 0 saturated heterocycles. The molecule has 0 bridgehead atoms. The molecule has 0 saturated carbocycles. The Morgan fingerprint density at radius 2 is 1.83 bits per heavy atom. The van der Waals surface area contributed by atoms with Crippen molar-refractivity contribution in [1.82, 2.24) is 5.32 Å². The molecule has 5 nitrogen and oxygen atoms in total. The first kappa shape index (κ1) is 24.8. The maximum absolute atomic E-state index is 13.2. The van der Waals surface area contributed by atoms with Gasteiger partial charge in [0.1, 0.15) is 11.9 Å². The van der Waals surface area contributed by atoms with Crippen LogP contribution in [-0.2, 0) is 20.6 Å². The normalized spacial score (nSPS) is 12.4. The summed E-state index contributed by atoms with van der Waals surface area (Å²) in [6.45, 7) is 2.10. The monoisotopic (exact) mass is 492 g/mol. The summed E-state index contributed by atoms with van der Waals surface area (Å²) < 4.78 is 38.9. The Balaban J connectivity index is 1.95.